The second-order valence-corrected chi connectivity index (χ2v) is 9.61. The molecule has 0 radical (unpaired) electrons. The number of sulfonamides is 1. The molecule has 3 aromatic rings. The summed E-state index contributed by atoms with van der Waals surface area (Å²) in [5.74, 6) is -0.475. The Morgan fingerprint density at radius 1 is 1.03 bits per heavy atom. The van der Waals surface area contributed by atoms with E-state index in [0.717, 1.165) is 22.4 Å². The van der Waals surface area contributed by atoms with Crippen molar-refractivity contribution in [2.45, 2.75) is 20.4 Å². The van der Waals surface area contributed by atoms with Gasteiger partial charge in [-0.25, -0.2) is 8.42 Å². The summed E-state index contributed by atoms with van der Waals surface area (Å²) in [5, 5.41) is 4.78. The van der Waals surface area contributed by atoms with Crippen LogP contribution in [0.15, 0.2) is 71.1 Å². The van der Waals surface area contributed by atoms with Gasteiger partial charge in [-0.05, 0) is 48.1 Å². The van der Waals surface area contributed by atoms with Crippen LogP contribution in [0.5, 0.6) is 0 Å². The molecular formula is C22H20N2O3S2. The lowest BCUT2D eigenvalue weighted by atomic mass is 10.1. The lowest BCUT2D eigenvalue weighted by molar-refractivity contribution is 0.104. The largest absolute Gasteiger partial charge is 0.360 e. The van der Waals surface area contributed by atoms with Crippen molar-refractivity contribution in [3.63, 3.8) is 0 Å². The Labute approximate surface area is 174 Å². The molecule has 2 heterocycles. The lowest BCUT2D eigenvalue weighted by Gasteiger charge is -2.29. The van der Waals surface area contributed by atoms with E-state index in [0.29, 0.717) is 10.6 Å². The SMILES string of the molecule is Cc1cccc(N/C=C2/C(=O)c3sccc3N(Cc3ccccc3)S2(=O)=O)c1C. The van der Waals surface area contributed by atoms with Gasteiger partial charge in [-0.15, -0.1) is 11.3 Å². The maximum Gasteiger partial charge on any atom is 0.270 e. The van der Waals surface area contributed by atoms with Gasteiger partial charge in [0.1, 0.15) is 4.88 Å². The fourth-order valence-electron chi connectivity index (χ4n) is 3.26. The Balaban J connectivity index is 1.77. The number of anilines is 2. The second-order valence-electron chi connectivity index (χ2n) is 6.86. The highest BCUT2D eigenvalue weighted by molar-refractivity contribution is 7.97. The quantitative estimate of drug-likeness (QED) is 0.608. The number of nitrogens with zero attached hydrogens (tertiary/aromatic N) is 1. The van der Waals surface area contributed by atoms with Crippen LogP contribution < -0.4 is 9.62 Å². The van der Waals surface area contributed by atoms with Crippen LogP contribution in [0, 0.1) is 13.8 Å². The summed E-state index contributed by atoms with van der Waals surface area (Å²) in [4.78, 5) is 13.1. The van der Waals surface area contributed by atoms with Gasteiger partial charge in [0, 0.05) is 11.9 Å². The molecule has 5 nitrogen and oxygen atoms in total. The zero-order valence-electron chi connectivity index (χ0n) is 16.0. The van der Waals surface area contributed by atoms with Gasteiger partial charge < -0.3 is 5.32 Å². The summed E-state index contributed by atoms with van der Waals surface area (Å²) < 4.78 is 28.0. The van der Waals surface area contributed by atoms with E-state index in [9.17, 15) is 13.2 Å². The number of aryl methyl sites for hydroxylation is 1. The van der Waals surface area contributed by atoms with Gasteiger partial charge >= 0.3 is 0 Å². The van der Waals surface area contributed by atoms with Gasteiger partial charge in [0.2, 0.25) is 5.78 Å². The number of benzene rings is 2. The molecule has 0 spiro atoms. The number of nitrogens with one attached hydrogen (secondary N) is 1. The first-order valence-electron chi connectivity index (χ1n) is 9.11. The average molecular weight is 425 g/mol. The molecule has 29 heavy (non-hydrogen) atoms. The standard InChI is InChI=1S/C22H20N2O3S2/c1-15-7-6-10-18(16(15)2)23-13-20-21(25)22-19(11-12-28-22)24(29(20,26)27)14-17-8-4-3-5-9-17/h3-13,23H,14H2,1-2H3/b20-13-. The molecule has 0 bridgehead atoms. The molecule has 148 valence electrons. The van der Waals surface area contributed by atoms with Crippen molar-refractivity contribution in [2.75, 3.05) is 9.62 Å². The number of hydrogen-bond donors (Lipinski definition) is 1. The van der Waals surface area contributed by atoms with Gasteiger partial charge in [-0.2, -0.15) is 0 Å². The average Bonchev–Trinajstić information content (AvgIpc) is 3.18. The Morgan fingerprint density at radius 2 is 1.79 bits per heavy atom. The van der Waals surface area contributed by atoms with Crippen LogP contribution in [0.4, 0.5) is 11.4 Å². The molecule has 0 atom stereocenters. The van der Waals surface area contributed by atoms with E-state index in [-0.39, 0.29) is 11.4 Å². The van der Waals surface area contributed by atoms with E-state index in [4.69, 9.17) is 0 Å². The third kappa shape index (κ3) is 3.47. The summed E-state index contributed by atoms with van der Waals surface area (Å²) >= 11 is 1.26. The molecule has 0 saturated carbocycles. The zero-order chi connectivity index (χ0) is 20.6. The Hall–Kier alpha value is -2.90. The number of ketones is 1. The van der Waals surface area contributed by atoms with Crippen molar-refractivity contribution in [2.24, 2.45) is 0 Å². The van der Waals surface area contributed by atoms with E-state index in [1.165, 1.54) is 21.8 Å². The summed E-state index contributed by atoms with van der Waals surface area (Å²) in [6, 6.07) is 16.8. The van der Waals surface area contributed by atoms with Crippen molar-refractivity contribution in [3.8, 4) is 0 Å². The third-order valence-electron chi connectivity index (χ3n) is 5.04. The monoisotopic (exact) mass is 424 g/mol. The van der Waals surface area contributed by atoms with Crippen LogP contribution in [-0.2, 0) is 16.6 Å². The van der Waals surface area contributed by atoms with E-state index in [1.54, 1.807) is 11.4 Å². The minimum atomic E-state index is -4.00. The van der Waals surface area contributed by atoms with Crippen molar-refractivity contribution < 1.29 is 13.2 Å². The number of hydrogen-bond acceptors (Lipinski definition) is 5. The molecule has 0 saturated heterocycles. The predicted molar refractivity (Wildman–Crippen MR) is 118 cm³/mol. The van der Waals surface area contributed by atoms with Gasteiger partial charge in [0.05, 0.1) is 12.2 Å². The Kier molecular flexibility index (Phi) is 5.02. The molecule has 1 aliphatic heterocycles. The molecule has 1 aromatic heterocycles. The number of carbonyl (C=O) groups is 1. The molecule has 0 aliphatic carbocycles. The van der Waals surface area contributed by atoms with Gasteiger partial charge in [-0.3, -0.25) is 9.10 Å². The van der Waals surface area contributed by atoms with Crippen LogP contribution in [0.25, 0.3) is 0 Å². The molecule has 0 unspecified atom stereocenters. The summed E-state index contributed by atoms with van der Waals surface area (Å²) in [7, 11) is -4.00. The smallest absolute Gasteiger partial charge is 0.270 e. The first-order chi connectivity index (χ1) is 13.9. The third-order valence-corrected chi connectivity index (χ3v) is 7.71. The summed E-state index contributed by atoms with van der Waals surface area (Å²) in [5.41, 5.74) is 4.14. The first-order valence-corrected chi connectivity index (χ1v) is 11.4. The topological polar surface area (TPSA) is 66.5 Å². The second kappa shape index (κ2) is 7.50. The van der Waals surface area contributed by atoms with Crippen LogP contribution in [0.3, 0.4) is 0 Å². The van der Waals surface area contributed by atoms with E-state index < -0.39 is 15.8 Å². The molecule has 1 N–H and O–H groups in total. The number of Topliss-reactive ketones (excluding diaryl/α,β-unsaturated/α-hetero) is 1. The molecule has 1 aliphatic rings. The number of rotatable bonds is 4. The van der Waals surface area contributed by atoms with E-state index in [1.807, 2.05) is 62.4 Å². The van der Waals surface area contributed by atoms with Crippen LogP contribution in [0.1, 0.15) is 26.4 Å². The summed E-state index contributed by atoms with van der Waals surface area (Å²) in [6.07, 6.45) is 1.32. The highest BCUT2D eigenvalue weighted by atomic mass is 32.2. The van der Waals surface area contributed by atoms with Crippen LogP contribution in [0.2, 0.25) is 0 Å². The maximum absolute atomic E-state index is 13.4. The fraction of sp³-hybridized carbons (Fsp3) is 0.136. The predicted octanol–water partition coefficient (Wildman–Crippen LogP) is 4.85. The summed E-state index contributed by atoms with van der Waals surface area (Å²) in [6.45, 7) is 4.10. The van der Waals surface area contributed by atoms with Crippen molar-refractivity contribution >= 4 is 38.5 Å². The Bertz CT molecular complexity index is 1210. The minimum absolute atomic E-state index is 0.168. The van der Waals surface area contributed by atoms with Crippen molar-refractivity contribution in [1.29, 1.82) is 0 Å². The molecule has 0 fully saturated rings. The molecular weight excluding hydrogens is 404 g/mol. The maximum atomic E-state index is 13.4. The normalized spacial score (nSPS) is 16.7. The number of fused-ring (bicyclic) bond motifs is 1. The van der Waals surface area contributed by atoms with E-state index >= 15 is 0 Å². The van der Waals surface area contributed by atoms with Crippen molar-refractivity contribution in [3.05, 3.63) is 92.6 Å². The highest BCUT2D eigenvalue weighted by Gasteiger charge is 2.41. The molecule has 4 rings (SSSR count). The highest BCUT2D eigenvalue weighted by Crippen LogP contribution is 2.39. The van der Waals surface area contributed by atoms with Crippen LogP contribution >= 0.6 is 11.3 Å². The molecule has 2 aromatic carbocycles. The van der Waals surface area contributed by atoms with Gasteiger partial charge in [0.25, 0.3) is 10.0 Å². The first kappa shape index (κ1) is 19.4. The number of allylic oxidation sites excluding steroid dienone is 1. The van der Waals surface area contributed by atoms with Crippen LogP contribution in [-0.4, -0.2) is 14.2 Å². The Morgan fingerprint density at radius 3 is 2.55 bits per heavy atom. The van der Waals surface area contributed by atoms with Gasteiger partial charge in [-0.1, -0.05) is 42.5 Å². The van der Waals surface area contributed by atoms with Gasteiger partial charge in [0.15, 0.2) is 4.91 Å². The minimum Gasteiger partial charge on any atom is -0.360 e. The number of thiophene rings is 1. The lowest BCUT2D eigenvalue weighted by Crippen LogP contribution is -2.38. The van der Waals surface area contributed by atoms with E-state index in [2.05, 4.69) is 5.32 Å². The number of carbonyl (C=O) groups excluding carboxylic acids is 1. The van der Waals surface area contributed by atoms with Crippen molar-refractivity contribution in [1.82, 2.24) is 0 Å². The fourth-order valence-corrected chi connectivity index (χ4v) is 5.74. The molecule has 7 heteroatoms. The molecule has 0 amide bonds. The zero-order valence-corrected chi connectivity index (χ0v) is 17.7.